The minimum atomic E-state index is -1.25. The van der Waals surface area contributed by atoms with Gasteiger partial charge in [0.25, 0.3) is 0 Å². The number of hydrogen-bond donors (Lipinski definition) is 0. The average Bonchev–Trinajstić information content (AvgIpc) is 3.66. The van der Waals surface area contributed by atoms with E-state index in [-0.39, 0.29) is 29.7 Å². The van der Waals surface area contributed by atoms with Crippen LogP contribution in [0.25, 0.3) is 55.3 Å². The van der Waals surface area contributed by atoms with Crippen LogP contribution in [0.3, 0.4) is 0 Å². The van der Waals surface area contributed by atoms with Crippen molar-refractivity contribution in [1.82, 2.24) is 0 Å². The van der Waals surface area contributed by atoms with E-state index in [0.29, 0.717) is 0 Å². The molecule has 0 N–H and O–H groups in total. The highest BCUT2D eigenvalue weighted by atomic mass is 15.1. The molecule has 0 aromatic heterocycles. The van der Waals surface area contributed by atoms with E-state index >= 15 is 0 Å². The Labute approximate surface area is 359 Å². The van der Waals surface area contributed by atoms with E-state index in [1.54, 1.807) is 0 Å². The van der Waals surface area contributed by atoms with Gasteiger partial charge in [-0.15, -0.1) is 0 Å². The summed E-state index contributed by atoms with van der Waals surface area (Å²) in [5, 5.41) is 2.37. The Bertz CT molecular complexity index is 3400. The summed E-state index contributed by atoms with van der Waals surface area (Å²) in [4.78, 5) is 2.28. The van der Waals surface area contributed by atoms with Crippen LogP contribution in [0.15, 0.2) is 249 Å². The van der Waals surface area contributed by atoms with Crippen LogP contribution in [0, 0.1) is 0 Å². The van der Waals surface area contributed by atoms with Gasteiger partial charge in [0.15, 0.2) is 0 Å². The Kier molecular flexibility index (Phi) is 7.53. The van der Waals surface area contributed by atoms with E-state index in [1.807, 2.05) is 60.7 Å². The molecule has 282 valence electrons. The SMILES string of the molecule is [2H]c1c([2H])c([2H])c(C2(c3ccccc3)c3ccccc3-c3ccc(N(c4ccc(-c5ccc(-c6ccccc6)c6ccccc56)cc4)c4ccccc4-c4ccccc4)cc32)c([2H])c1[2H]. The lowest BCUT2D eigenvalue weighted by atomic mass is 9.67. The summed E-state index contributed by atoms with van der Waals surface area (Å²) < 4.78 is 45.4. The molecular weight excluding hydrogens is 723 g/mol. The number of fused-ring (bicyclic) bond motifs is 4. The van der Waals surface area contributed by atoms with Gasteiger partial charge in [-0.3, -0.25) is 0 Å². The van der Waals surface area contributed by atoms with Crippen molar-refractivity contribution in [2.45, 2.75) is 5.41 Å². The van der Waals surface area contributed by atoms with Crippen LogP contribution in [0.4, 0.5) is 17.1 Å². The molecule has 11 rings (SSSR count). The lowest BCUT2D eigenvalue weighted by molar-refractivity contribution is 0.768. The first-order valence-corrected chi connectivity index (χ1v) is 20.4. The largest absolute Gasteiger partial charge is 0.310 e. The third-order valence-corrected chi connectivity index (χ3v) is 12.0. The maximum atomic E-state index is 9.50. The van der Waals surface area contributed by atoms with Crippen LogP contribution in [0.5, 0.6) is 0 Å². The van der Waals surface area contributed by atoms with Crippen molar-refractivity contribution in [3.8, 4) is 44.5 Å². The normalized spacial score (nSPS) is 15.2. The standard InChI is InChI=1S/C59H41N/c1-5-19-42(20-6-1)49-39-40-50(53-29-14-13-28-52(49)53)44-33-35-47(36-34-44)60(58-32-18-16-27-51(58)43-21-7-2-8-22-43)48-37-38-55-54-30-15-17-31-56(54)59(57(55)41-48,45-23-9-3-10-24-45)46-25-11-4-12-26-46/h1-41H/i3D,9D,10D,23D,24D. The fraction of sp³-hybridized carbons (Fsp3) is 0.0169. The second kappa shape index (κ2) is 14.9. The van der Waals surface area contributed by atoms with E-state index in [2.05, 4.69) is 163 Å². The van der Waals surface area contributed by atoms with E-state index in [1.165, 1.54) is 21.9 Å². The second-order valence-electron chi connectivity index (χ2n) is 15.2. The first kappa shape index (κ1) is 30.4. The lowest BCUT2D eigenvalue weighted by Gasteiger charge is -2.35. The Balaban J connectivity index is 1.15. The Morgan fingerprint density at radius 3 is 1.48 bits per heavy atom. The van der Waals surface area contributed by atoms with Crippen molar-refractivity contribution in [3.63, 3.8) is 0 Å². The lowest BCUT2D eigenvalue weighted by Crippen LogP contribution is -2.28. The number of anilines is 3. The third-order valence-electron chi connectivity index (χ3n) is 12.0. The molecule has 0 heterocycles. The molecule has 0 radical (unpaired) electrons. The van der Waals surface area contributed by atoms with Crippen molar-refractivity contribution in [2.24, 2.45) is 0 Å². The molecule has 1 heteroatoms. The van der Waals surface area contributed by atoms with Gasteiger partial charge in [0.1, 0.15) is 0 Å². The first-order chi connectivity index (χ1) is 31.9. The van der Waals surface area contributed by atoms with Gasteiger partial charge in [-0.05, 0) is 102 Å². The van der Waals surface area contributed by atoms with E-state index in [9.17, 15) is 2.74 Å². The molecule has 10 aromatic rings. The zero-order valence-electron chi connectivity index (χ0n) is 37.7. The van der Waals surface area contributed by atoms with Crippen molar-refractivity contribution in [2.75, 3.05) is 4.90 Å². The zero-order valence-corrected chi connectivity index (χ0v) is 32.7. The van der Waals surface area contributed by atoms with E-state index in [4.69, 9.17) is 4.11 Å². The van der Waals surface area contributed by atoms with Gasteiger partial charge in [-0.2, -0.15) is 0 Å². The smallest absolute Gasteiger partial charge is 0.0714 e. The molecule has 60 heavy (non-hydrogen) atoms. The monoisotopic (exact) mass is 768 g/mol. The molecule has 0 saturated heterocycles. The maximum absolute atomic E-state index is 9.50. The summed E-state index contributed by atoms with van der Waals surface area (Å²) in [5.41, 5.74) is 12.9. The molecule has 0 amide bonds. The Morgan fingerprint density at radius 2 is 0.817 bits per heavy atom. The van der Waals surface area contributed by atoms with Crippen molar-refractivity contribution in [3.05, 3.63) is 271 Å². The highest BCUT2D eigenvalue weighted by Gasteiger charge is 2.46. The van der Waals surface area contributed by atoms with Gasteiger partial charge in [0, 0.05) is 16.9 Å². The van der Waals surface area contributed by atoms with Crippen molar-refractivity contribution in [1.29, 1.82) is 0 Å². The van der Waals surface area contributed by atoms with Gasteiger partial charge < -0.3 is 4.90 Å². The second-order valence-corrected chi connectivity index (χ2v) is 15.2. The maximum Gasteiger partial charge on any atom is 0.0714 e. The van der Waals surface area contributed by atoms with Crippen LogP contribution < -0.4 is 4.90 Å². The van der Waals surface area contributed by atoms with Gasteiger partial charge in [-0.25, -0.2) is 0 Å². The predicted molar refractivity (Wildman–Crippen MR) is 252 cm³/mol. The summed E-state index contributed by atoms with van der Waals surface area (Å²) in [6, 6.07) is 74.0. The fourth-order valence-corrected chi connectivity index (χ4v) is 9.42. The number of nitrogens with zero attached hydrogens (tertiary/aromatic N) is 1. The topological polar surface area (TPSA) is 3.24 Å². The Hall–Kier alpha value is -7.74. The third kappa shape index (κ3) is 5.78. The molecule has 1 nitrogen and oxygen atoms in total. The van der Waals surface area contributed by atoms with Gasteiger partial charge >= 0.3 is 0 Å². The molecule has 0 fully saturated rings. The van der Waals surface area contributed by atoms with Crippen LogP contribution in [0.1, 0.15) is 29.1 Å². The van der Waals surface area contributed by atoms with E-state index in [0.717, 1.165) is 67.1 Å². The summed E-state index contributed by atoms with van der Waals surface area (Å²) in [7, 11) is 0. The minimum absolute atomic E-state index is 0.223. The minimum Gasteiger partial charge on any atom is -0.310 e. The first-order valence-electron chi connectivity index (χ1n) is 22.9. The number of para-hydroxylation sites is 1. The molecule has 1 aliphatic carbocycles. The summed E-state index contributed by atoms with van der Waals surface area (Å²) in [6.07, 6.45) is 0. The average molecular weight is 769 g/mol. The van der Waals surface area contributed by atoms with Crippen LogP contribution in [-0.2, 0) is 5.41 Å². The fourth-order valence-electron chi connectivity index (χ4n) is 9.42. The summed E-state index contributed by atoms with van der Waals surface area (Å²) in [6.45, 7) is 0. The van der Waals surface area contributed by atoms with Crippen molar-refractivity contribution >= 4 is 27.8 Å². The molecule has 1 atom stereocenters. The van der Waals surface area contributed by atoms with Gasteiger partial charge in [0.2, 0.25) is 0 Å². The summed E-state index contributed by atoms with van der Waals surface area (Å²) >= 11 is 0. The quantitative estimate of drug-likeness (QED) is 0.149. The number of rotatable bonds is 8. The van der Waals surface area contributed by atoms with Crippen LogP contribution in [-0.4, -0.2) is 0 Å². The van der Waals surface area contributed by atoms with Crippen molar-refractivity contribution < 1.29 is 6.85 Å². The van der Waals surface area contributed by atoms with E-state index < -0.39 is 11.5 Å². The number of benzene rings is 10. The molecule has 1 unspecified atom stereocenters. The molecule has 10 aromatic carbocycles. The summed E-state index contributed by atoms with van der Waals surface area (Å²) in [5.74, 6) is 0. The highest BCUT2D eigenvalue weighted by Crippen LogP contribution is 2.57. The zero-order chi connectivity index (χ0) is 44.2. The Morgan fingerprint density at radius 1 is 0.333 bits per heavy atom. The highest BCUT2D eigenvalue weighted by molar-refractivity contribution is 6.05. The molecule has 0 bridgehead atoms. The molecule has 0 saturated carbocycles. The van der Waals surface area contributed by atoms with Gasteiger partial charge in [0.05, 0.1) is 18.0 Å². The number of hydrogen-bond acceptors (Lipinski definition) is 1. The van der Waals surface area contributed by atoms with Crippen LogP contribution in [0.2, 0.25) is 0 Å². The molecule has 1 aliphatic rings. The molecule has 0 spiro atoms. The van der Waals surface area contributed by atoms with Gasteiger partial charge in [-0.1, -0.05) is 218 Å². The predicted octanol–water partition coefficient (Wildman–Crippen LogP) is 15.7. The van der Waals surface area contributed by atoms with Crippen LogP contribution >= 0.6 is 0 Å². The molecular formula is C59H41N. The molecule has 0 aliphatic heterocycles.